The third-order valence-corrected chi connectivity index (χ3v) is 3.97. The molecular weight excluding hydrogens is 288 g/mol. The first-order chi connectivity index (χ1) is 5.70. The van der Waals surface area contributed by atoms with Gasteiger partial charge >= 0.3 is 0 Å². The summed E-state index contributed by atoms with van der Waals surface area (Å²) in [6.45, 7) is 0. The van der Waals surface area contributed by atoms with Crippen LogP contribution < -0.4 is 5.73 Å². The predicted molar refractivity (Wildman–Crippen MR) is 58.9 cm³/mol. The predicted octanol–water partition coefficient (Wildman–Crippen LogP) is 3.23. The van der Waals surface area contributed by atoms with Crippen LogP contribution in [0.4, 0.5) is 10.1 Å². The van der Waals surface area contributed by atoms with Crippen molar-refractivity contribution >= 4 is 49.7 Å². The molecule has 0 unspecified atom stereocenters. The van der Waals surface area contributed by atoms with Crippen LogP contribution in [0.3, 0.4) is 0 Å². The number of anilines is 1. The number of benzene rings is 1. The van der Waals surface area contributed by atoms with E-state index in [4.69, 9.17) is 5.73 Å². The fourth-order valence-electron chi connectivity index (χ4n) is 1.11. The monoisotopic (exact) mass is 293 g/mol. The van der Waals surface area contributed by atoms with Gasteiger partial charge in [-0.3, -0.25) is 0 Å². The molecule has 0 atom stereocenters. The van der Waals surface area contributed by atoms with E-state index in [1.165, 1.54) is 0 Å². The lowest BCUT2D eigenvalue weighted by Crippen LogP contribution is -1.85. The van der Waals surface area contributed by atoms with E-state index in [1.807, 2.05) is 34.7 Å². The molecule has 0 aliphatic heterocycles. The fraction of sp³-hybridized carbons (Fsp3) is 0. The second-order valence-electron chi connectivity index (χ2n) is 2.41. The summed E-state index contributed by atoms with van der Waals surface area (Å²) in [5.41, 5.74) is 6.36. The molecule has 0 aliphatic carbocycles. The molecular formula is C8H5FINS. The van der Waals surface area contributed by atoms with Gasteiger partial charge in [0.2, 0.25) is 0 Å². The van der Waals surface area contributed by atoms with Gasteiger partial charge in [0.25, 0.3) is 0 Å². The molecule has 0 fully saturated rings. The number of thiophene rings is 1. The molecule has 0 radical (unpaired) electrons. The standard InChI is InChI=1S/C8H5FINS/c9-8-7(10)6-4(11)2-1-3-5(6)12-8/h1-3H,11H2. The summed E-state index contributed by atoms with van der Waals surface area (Å²) in [4.78, 5) is 0. The van der Waals surface area contributed by atoms with E-state index in [0.717, 1.165) is 21.4 Å². The average Bonchev–Trinajstić information content (AvgIpc) is 2.29. The van der Waals surface area contributed by atoms with Crippen LogP contribution in [-0.2, 0) is 0 Å². The van der Waals surface area contributed by atoms with Crippen molar-refractivity contribution < 1.29 is 4.39 Å². The number of hydrogen-bond donors (Lipinski definition) is 1. The van der Waals surface area contributed by atoms with Gasteiger partial charge in [0.1, 0.15) is 0 Å². The maximum atomic E-state index is 13.1. The maximum Gasteiger partial charge on any atom is 0.191 e. The van der Waals surface area contributed by atoms with Gasteiger partial charge < -0.3 is 5.73 Å². The van der Waals surface area contributed by atoms with Crippen LogP contribution in [-0.4, -0.2) is 0 Å². The lowest BCUT2D eigenvalue weighted by molar-refractivity contribution is 0.652. The van der Waals surface area contributed by atoms with Crippen molar-refractivity contribution in [2.45, 2.75) is 0 Å². The van der Waals surface area contributed by atoms with Gasteiger partial charge in [-0.1, -0.05) is 6.07 Å². The van der Waals surface area contributed by atoms with Gasteiger partial charge in [0.05, 0.1) is 3.57 Å². The first-order valence-electron chi connectivity index (χ1n) is 3.32. The van der Waals surface area contributed by atoms with Gasteiger partial charge in [-0.15, -0.1) is 11.3 Å². The Hall–Kier alpha value is -0.360. The summed E-state index contributed by atoms with van der Waals surface area (Å²) in [7, 11) is 0. The lowest BCUT2D eigenvalue weighted by atomic mass is 10.2. The van der Waals surface area contributed by atoms with Gasteiger partial charge in [-0.2, -0.15) is 4.39 Å². The van der Waals surface area contributed by atoms with E-state index >= 15 is 0 Å². The van der Waals surface area contributed by atoms with Crippen molar-refractivity contribution in [1.29, 1.82) is 0 Å². The van der Waals surface area contributed by atoms with Crippen LogP contribution >= 0.6 is 33.9 Å². The molecule has 0 aliphatic rings. The van der Waals surface area contributed by atoms with Crippen LogP contribution in [0.1, 0.15) is 0 Å². The fourth-order valence-corrected chi connectivity index (χ4v) is 3.08. The zero-order valence-corrected chi connectivity index (χ0v) is 8.95. The SMILES string of the molecule is Nc1cccc2sc(F)c(I)c12. The second-order valence-corrected chi connectivity index (χ2v) is 4.49. The number of halogens is 2. The van der Waals surface area contributed by atoms with Crippen molar-refractivity contribution in [3.8, 4) is 0 Å². The first-order valence-corrected chi connectivity index (χ1v) is 5.21. The van der Waals surface area contributed by atoms with Crippen molar-refractivity contribution in [2.24, 2.45) is 0 Å². The highest BCUT2D eigenvalue weighted by Gasteiger charge is 2.10. The van der Waals surface area contributed by atoms with Crippen molar-refractivity contribution in [1.82, 2.24) is 0 Å². The molecule has 2 N–H and O–H groups in total. The molecule has 2 rings (SSSR count). The van der Waals surface area contributed by atoms with E-state index < -0.39 is 0 Å². The zero-order chi connectivity index (χ0) is 8.72. The molecule has 4 heteroatoms. The molecule has 1 nitrogen and oxygen atoms in total. The molecule has 0 saturated carbocycles. The molecule has 1 heterocycles. The van der Waals surface area contributed by atoms with Gasteiger partial charge in [0.15, 0.2) is 5.13 Å². The number of hydrogen-bond acceptors (Lipinski definition) is 2. The van der Waals surface area contributed by atoms with Crippen LogP contribution in [0, 0.1) is 8.70 Å². The second kappa shape index (κ2) is 2.85. The normalized spacial score (nSPS) is 10.8. The largest absolute Gasteiger partial charge is 0.398 e. The zero-order valence-electron chi connectivity index (χ0n) is 5.97. The minimum Gasteiger partial charge on any atom is -0.398 e. The average molecular weight is 293 g/mol. The first kappa shape index (κ1) is 8.25. The summed E-state index contributed by atoms with van der Waals surface area (Å²) < 4.78 is 14.6. The third-order valence-electron chi connectivity index (χ3n) is 1.65. The number of nitrogens with two attached hydrogens (primary N) is 1. The van der Waals surface area contributed by atoms with Crippen LogP contribution in [0.25, 0.3) is 10.1 Å². The Morgan fingerprint density at radius 1 is 1.42 bits per heavy atom. The molecule has 0 bridgehead atoms. The minimum absolute atomic E-state index is 0.150. The molecule has 0 saturated heterocycles. The van der Waals surface area contributed by atoms with E-state index in [2.05, 4.69) is 0 Å². The smallest absolute Gasteiger partial charge is 0.191 e. The van der Waals surface area contributed by atoms with Crippen molar-refractivity contribution in [3.05, 3.63) is 26.9 Å². The summed E-state index contributed by atoms with van der Waals surface area (Å²) in [6.07, 6.45) is 0. The summed E-state index contributed by atoms with van der Waals surface area (Å²) in [5.74, 6) is 0. The highest BCUT2D eigenvalue weighted by atomic mass is 127. The van der Waals surface area contributed by atoms with Gasteiger partial charge in [-0.05, 0) is 34.7 Å². The number of rotatable bonds is 0. The number of nitrogen functional groups attached to an aromatic ring is 1. The maximum absolute atomic E-state index is 13.1. The van der Waals surface area contributed by atoms with Crippen molar-refractivity contribution in [3.63, 3.8) is 0 Å². The van der Waals surface area contributed by atoms with E-state index in [0.29, 0.717) is 9.26 Å². The van der Waals surface area contributed by atoms with E-state index in [1.54, 1.807) is 6.07 Å². The highest BCUT2D eigenvalue weighted by molar-refractivity contribution is 14.1. The Balaban J connectivity index is 2.97. The van der Waals surface area contributed by atoms with E-state index in [-0.39, 0.29) is 5.13 Å². The number of fused-ring (bicyclic) bond motifs is 1. The Kier molecular flexibility index (Phi) is 1.96. The minimum atomic E-state index is -0.150. The molecule has 1 aromatic heterocycles. The molecule has 0 amide bonds. The molecule has 62 valence electrons. The molecule has 2 aromatic rings. The van der Waals surface area contributed by atoms with Crippen LogP contribution in [0.5, 0.6) is 0 Å². The quantitative estimate of drug-likeness (QED) is 0.586. The Labute approximate surface area is 86.5 Å². The molecule has 1 aromatic carbocycles. The Bertz CT molecular complexity index is 438. The van der Waals surface area contributed by atoms with Gasteiger partial charge in [0, 0.05) is 15.8 Å². The Morgan fingerprint density at radius 2 is 2.17 bits per heavy atom. The third kappa shape index (κ3) is 1.09. The summed E-state index contributed by atoms with van der Waals surface area (Å²) in [5, 5.41) is 0.698. The van der Waals surface area contributed by atoms with Crippen molar-refractivity contribution in [2.75, 3.05) is 5.73 Å². The Morgan fingerprint density at radius 3 is 2.83 bits per heavy atom. The summed E-state index contributed by atoms with van der Waals surface area (Å²) in [6, 6.07) is 5.50. The van der Waals surface area contributed by atoms with Gasteiger partial charge in [-0.25, -0.2) is 0 Å². The molecule has 0 spiro atoms. The highest BCUT2D eigenvalue weighted by Crippen LogP contribution is 2.34. The van der Waals surface area contributed by atoms with E-state index in [9.17, 15) is 4.39 Å². The van der Waals surface area contributed by atoms with Crippen LogP contribution in [0.15, 0.2) is 18.2 Å². The topological polar surface area (TPSA) is 26.0 Å². The summed E-state index contributed by atoms with van der Waals surface area (Å²) >= 11 is 3.12. The lowest BCUT2D eigenvalue weighted by Gasteiger charge is -1.94. The van der Waals surface area contributed by atoms with Crippen LogP contribution in [0.2, 0.25) is 0 Å². The molecule has 12 heavy (non-hydrogen) atoms.